The number of benzene rings is 3. The summed E-state index contributed by atoms with van der Waals surface area (Å²) in [5.74, 6) is -1.06. The number of ether oxygens (including phenoxy) is 1. The van der Waals surface area contributed by atoms with Gasteiger partial charge < -0.3 is 19.5 Å². The molecule has 2 heterocycles. The highest BCUT2D eigenvalue weighted by molar-refractivity contribution is 5.56. The van der Waals surface area contributed by atoms with E-state index in [0.29, 0.717) is 0 Å². The number of nitrogens with zero attached hydrogens (tertiary/aromatic N) is 1. The molecule has 0 radical (unpaired) electrons. The molecule has 4 nitrogen and oxygen atoms in total. The van der Waals surface area contributed by atoms with Crippen molar-refractivity contribution in [2.24, 2.45) is 5.92 Å². The van der Waals surface area contributed by atoms with Crippen LogP contribution >= 0.6 is 0 Å². The number of aldehydes is 1. The van der Waals surface area contributed by atoms with Gasteiger partial charge in [-0.3, -0.25) is 0 Å². The van der Waals surface area contributed by atoms with Crippen LogP contribution in [0.5, 0.6) is 5.75 Å². The minimum atomic E-state index is -0.707. The SMILES string of the molecule is Cc1cc(F)c([C@@H]2OCc3cc(O)ccc3[C@@H]2c2ccc(N3CCC(C=O)CC3)cc2)cc1F. The Morgan fingerprint density at radius 2 is 1.71 bits per heavy atom. The summed E-state index contributed by atoms with van der Waals surface area (Å²) in [6.45, 7) is 3.39. The number of phenols is 1. The molecule has 0 aliphatic carbocycles. The lowest BCUT2D eigenvalue weighted by Gasteiger charge is -2.35. The third-order valence-electron chi connectivity index (χ3n) is 7.12. The first-order valence-corrected chi connectivity index (χ1v) is 11.6. The van der Waals surface area contributed by atoms with Crippen molar-refractivity contribution in [2.75, 3.05) is 18.0 Å². The quantitative estimate of drug-likeness (QED) is 0.497. The van der Waals surface area contributed by atoms with Gasteiger partial charge in [-0.25, -0.2) is 8.78 Å². The second-order valence-corrected chi connectivity index (χ2v) is 9.27. The molecule has 0 spiro atoms. The molecule has 1 fully saturated rings. The zero-order valence-corrected chi connectivity index (χ0v) is 19.0. The molecule has 34 heavy (non-hydrogen) atoms. The Hall–Kier alpha value is -3.25. The van der Waals surface area contributed by atoms with Crippen LogP contribution in [0, 0.1) is 24.5 Å². The Morgan fingerprint density at radius 3 is 2.41 bits per heavy atom. The van der Waals surface area contributed by atoms with E-state index in [2.05, 4.69) is 4.90 Å². The highest BCUT2D eigenvalue weighted by atomic mass is 19.1. The highest BCUT2D eigenvalue weighted by Crippen LogP contribution is 2.46. The summed E-state index contributed by atoms with van der Waals surface area (Å²) in [7, 11) is 0. The number of carbonyl (C=O) groups excluding carboxylic acids is 1. The van der Waals surface area contributed by atoms with Gasteiger partial charge in [-0.05, 0) is 78.4 Å². The van der Waals surface area contributed by atoms with Gasteiger partial charge in [0.15, 0.2) is 0 Å². The third kappa shape index (κ3) is 4.18. The average molecular weight is 464 g/mol. The maximum atomic E-state index is 15.0. The van der Waals surface area contributed by atoms with Crippen molar-refractivity contribution in [3.8, 4) is 5.75 Å². The zero-order chi connectivity index (χ0) is 23.8. The fourth-order valence-corrected chi connectivity index (χ4v) is 5.15. The molecule has 0 saturated carbocycles. The van der Waals surface area contributed by atoms with Gasteiger partial charge in [0.2, 0.25) is 0 Å². The van der Waals surface area contributed by atoms with Gasteiger partial charge in [-0.1, -0.05) is 18.2 Å². The Balaban J connectivity index is 1.52. The van der Waals surface area contributed by atoms with Gasteiger partial charge in [-0.15, -0.1) is 0 Å². The average Bonchev–Trinajstić information content (AvgIpc) is 2.86. The maximum Gasteiger partial charge on any atom is 0.129 e. The molecule has 2 atom stereocenters. The van der Waals surface area contributed by atoms with Crippen LogP contribution in [0.3, 0.4) is 0 Å². The third-order valence-corrected chi connectivity index (χ3v) is 7.12. The summed E-state index contributed by atoms with van der Waals surface area (Å²) in [4.78, 5) is 13.3. The van der Waals surface area contributed by atoms with Crippen LogP contribution in [-0.4, -0.2) is 24.5 Å². The molecule has 6 heteroatoms. The van der Waals surface area contributed by atoms with Crippen LogP contribution in [0.4, 0.5) is 14.5 Å². The molecule has 2 aliphatic rings. The van der Waals surface area contributed by atoms with E-state index in [0.717, 1.165) is 54.6 Å². The smallest absolute Gasteiger partial charge is 0.129 e. The predicted octanol–water partition coefficient (Wildman–Crippen LogP) is 5.80. The number of halogens is 2. The van der Waals surface area contributed by atoms with Gasteiger partial charge >= 0.3 is 0 Å². The summed E-state index contributed by atoms with van der Waals surface area (Å²) in [6.07, 6.45) is 2.03. The molecule has 1 saturated heterocycles. The lowest BCUT2D eigenvalue weighted by molar-refractivity contribution is -0.111. The van der Waals surface area contributed by atoms with E-state index in [9.17, 15) is 18.7 Å². The monoisotopic (exact) mass is 463 g/mol. The van der Waals surface area contributed by atoms with Crippen LogP contribution in [0.15, 0.2) is 54.6 Å². The van der Waals surface area contributed by atoms with E-state index in [1.54, 1.807) is 12.1 Å². The van der Waals surface area contributed by atoms with E-state index >= 15 is 0 Å². The number of aromatic hydroxyl groups is 1. The van der Waals surface area contributed by atoms with E-state index < -0.39 is 17.7 Å². The van der Waals surface area contributed by atoms with Crippen molar-refractivity contribution in [3.05, 3.63) is 94.0 Å². The van der Waals surface area contributed by atoms with Gasteiger partial charge in [0.05, 0.1) is 12.7 Å². The second-order valence-electron chi connectivity index (χ2n) is 9.27. The van der Waals surface area contributed by atoms with Crippen LogP contribution in [0.2, 0.25) is 0 Å². The van der Waals surface area contributed by atoms with Crippen molar-refractivity contribution < 1.29 is 23.4 Å². The number of hydrogen-bond acceptors (Lipinski definition) is 4. The molecule has 2 aliphatic heterocycles. The summed E-state index contributed by atoms with van der Waals surface area (Å²) >= 11 is 0. The number of anilines is 1. The van der Waals surface area contributed by atoms with Crippen LogP contribution < -0.4 is 4.90 Å². The minimum Gasteiger partial charge on any atom is -0.508 e. The number of piperidine rings is 1. The number of carbonyl (C=O) groups is 1. The number of rotatable bonds is 4. The first-order chi connectivity index (χ1) is 16.4. The number of phenolic OH excluding ortho intramolecular Hbond substituents is 1. The van der Waals surface area contributed by atoms with E-state index in [-0.39, 0.29) is 35.3 Å². The molecule has 0 unspecified atom stereocenters. The molecule has 176 valence electrons. The predicted molar refractivity (Wildman–Crippen MR) is 126 cm³/mol. The lowest BCUT2D eigenvalue weighted by Crippen LogP contribution is -2.34. The minimum absolute atomic E-state index is 0.133. The van der Waals surface area contributed by atoms with Crippen molar-refractivity contribution in [3.63, 3.8) is 0 Å². The fourth-order valence-electron chi connectivity index (χ4n) is 5.15. The first kappa shape index (κ1) is 22.5. The lowest BCUT2D eigenvalue weighted by atomic mass is 9.79. The topological polar surface area (TPSA) is 49.8 Å². The van der Waals surface area contributed by atoms with Gasteiger partial charge in [-0.2, -0.15) is 0 Å². The van der Waals surface area contributed by atoms with Gasteiger partial charge in [0.1, 0.15) is 23.7 Å². The largest absolute Gasteiger partial charge is 0.508 e. The van der Waals surface area contributed by atoms with Crippen molar-refractivity contribution in [1.82, 2.24) is 0 Å². The van der Waals surface area contributed by atoms with Crippen LogP contribution in [0.25, 0.3) is 0 Å². The molecule has 0 amide bonds. The number of aryl methyl sites for hydroxylation is 1. The van der Waals surface area contributed by atoms with Crippen LogP contribution in [-0.2, 0) is 16.1 Å². The standard InChI is InChI=1S/C28H27F2NO3/c1-17-12-26(30)24(14-25(17)29)28-27(23-7-6-22(33)13-20(23)16-34-28)19-2-4-21(5-3-19)31-10-8-18(15-32)9-11-31/h2-7,12-15,18,27-28,33H,8-11,16H2,1H3/t27-,28-/m0/s1. The molecule has 5 rings (SSSR count). The summed E-state index contributed by atoms with van der Waals surface area (Å²) in [5.41, 5.74) is 4.18. The fraction of sp³-hybridized carbons (Fsp3) is 0.321. The van der Waals surface area contributed by atoms with Crippen LogP contribution in [0.1, 0.15) is 52.7 Å². The normalized spacial score (nSPS) is 20.7. The van der Waals surface area contributed by atoms with E-state index in [1.807, 2.05) is 30.3 Å². The molecule has 1 N–H and O–H groups in total. The highest BCUT2D eigenvalue weighted by Gasteiger charge is 2.35. The van der Waals surface area contributed by atoms with Crippen molar-refractivity contribution in [1.29, 1.82) is 0 Å². The second kappa shape index (κ2) is 9.18. The van der Waals surface area contributed by atoms with Gasteiger partial charge in [0.25, 0.3) is 0 Å². The van der Waals surface area contributed by atoms with Crippen molar-refractivity contribution in [2.45, 2.75) is 38.4 Å². The molecule has 0 bridgehead atoms. The molecule has 0 aromatic heterocycles. The Labute approximate surface area is 197 Å². The Bertz CT molecular complexity index is 1200. The molecular formula is C28H27F2NO3. The first-order valence-electron chi connectivity index (χ1n) is 11.6. The Kier molecular flexibility index (Phi) is 6.09. The molecule has 3 aromatic rings. The molecular weight excluding hydrogens is 436 g/mol. The van der Waals surface area contributed by atoms with E-state index in [4.69, 9.17) is 4.74 Å². The van der Waals surface area contributed by atoms with Gasteiger partial charge in [0, 0.05) is 36.2 Å². The number of fused-ring (bicyclic) bond motifs is 1. The maximum absolute atomic E-state index is 15.0. The summed E-state index contributed by atoms with van der Waals surface area (Å²) in [6, 6.07) is 15.7. The Morgan fingerprint density at radius 1 is 0.971 bits per heavy atom. The van der Waals surface area contributed by atoms with E-state index in [1.165, 1.54) is 19.1 Å². The summed E-state index contributed by atoms with van der Waals surface area (Å²) in [5, 5.41) is 9.96. The molecule has 3 aromatic carbocycles. The zero-order valence-electron chi connectivity index (χ0n) is 19.0. The number of hydrogen-bond donors (Lipinski definition) is 1. The van der Waals surface area contributed by atoms with Crippen molar-refractivity contribution >= 4 is 12.0 Å². The summed E-state index contributed by atoms with van der Waals surface area (Å²) < 4.78 is 35.5.